The van der Waals surface area contributed by atoms with Crippen LogP contribution in [0.4, 0.5) is 5.69 Å². The van der Waals surface area contributed by atoms with Gasteiger partial charge in [-0.2, -0.15) is 0 Å². The van der Waals surface area contributed by atoms with E-state index in [4.69, 9.17) is 21.6 Å². The van der Waals surface area contributed by atoms with Crippen molar-refractivity contribution in [1.29, 1.82) is 5.41 Å². The summed E-state index contributed by atoms with van der Waals surface area (Å²) in [6.45, 7) is 4.27. The minimum absolute atomic E-state index is 0.170. The Hall–Kier alpha value is -3.61. The number of nitrogen functional groups attached to an aromatic ring is 1. The van der Waals surface area contributed by atoms with Gasteiger partial charge in [0.1, 0.15) is 5.75 Å². The number of benzene rings is 3. The summed E-state index contributed by atoms with van der Waals surface area (Å²) >= 11 is 0. The molecule has 0 aliphatic carbocycles. The highest BCUT2D eigenvalue weighted by Gasteiger charge is 2.13. The van der Waals surface area contributed by atoms with E-state index in [9.17, 15) is 5.11 Å². The molecule has 3 aromatic carbocycles. The zero-order valence-corrected chi connectivity index (χ0v) is 17.9. The minimum Gasteiger partial charge on any atom is -0.508 e. The summed E-state index contributed by atoms with van der Waals surface area (Å²) in [5.41, 5.74) is 17.9. The maximum atomic E-state index is 9.78. The van der Waals surface area contributed by atoms with Gasteiger partial charge < -0.3 is 21.3 Å². The molecule has 6 N–H and O–H groups in total. The van der Waals surface area contributed by atoms with Crippen molar-refractivity contribution in [3.63, 3.8) is 0 Å². The average molecular weight is 429 g/mol. The largest absolute Gasteiger partial charge is 0.508 e. The van der Waals surface area contributed by atoms with Crippen LogP contribution in [0.1, 0.15) is 16.7 Å². The fraction of sp³-hybridized carbons (Fsp3) is 0.192. The Morgan fingerprint density at radius 3 is 2.53 bits per heavy atom. The molecule has 1 heterocycles. The lowest BCUT2D eigenvalue weighted by molar-refractivity contribution is 0.0342. The fourth-order valence-electron chi connectivity index (χ4n) is 3.84. The van der Waals surface area contributed by atoms with E-state index in [1.54, 1.807) is 24.3 Å². The van der Waals surface area contributed by atoms with E-state index >= 15 is 0 Å². The highest BCUT2D eigenvalue weighted by molar-refractivity contribution is 6.15. The summed E-state index contributed by atoms with van der Waals surface area (Å²) in [6, 6.07) is 20.6. The normalized spacial score (nSPS) is 14.9. The molecule has 0 radical (unpaired) electrons. The molecule has 6 nitrogen and oxygen atoms in total. The molecule has 0 saturated carbocycles. The quantitative estimate of drug-likeness (QED) is 0.352. The van der Waals surface area contributed by atoms with Crippen molar-refractivity contribution in [2.75, 3.05) is 32.0 Å². The molecule has 3 aromatic rings. The molecule has 1 saturated heterocycles. The van der Waals surface area contributed by atoms with E-state index in [1.807, 2.05) is 36.4 Å². The molecular formula is C26H28N4O2. The lowest BCUT2D eigenvalue weighted by atomic mass is 9.97. The maximum absolute atomic E-state index is 9.78. The van der Waals surface area contributed by atoms with E-state index in [2.05, 4.69) is 17.0 Å². The van der Waals surface area contributed by atoms with Crippen LogP contribution in [0.5, 0.6) is 5.75 Å². The third-order valence-corrected chi connectivity index (χ3v) is 5.57. The van der Waals surface area contributed by atoms with E-state index in [1.165, 1.54) is 5.56 Å². The summed E-state index contributed by atoms with van der Waals surface area (Å²) in [4.78, 5) is 2.37. The number of ether oxygens (including phenoxy) is 1. The molecule has 164 valence electrons. The number of nitrogens with two attached hydrogens (primary N) is 2. The predicted octanol–water partition coefficient (Wildman–Crippen LogP) is 3.84. The van der Waals surface area contributed by atoms with Gasteiger partial charge >= 0.3 is 0 Å². The molecule has 0 atom stereocenters. The smallest absolute Gasteiger partial charge is 0.116 e. The summed E-state index contributed by atoms with van der Waals surface area (Å²) in [7, 11) is 0. The van der Waals surface area contributed by atoms with E-state index < -0.39 is 0 Å². The Labute approximate surface area is 188 Å². The average Bonchev–Trinajstić information content (AvgIpc) is 2.80. The van der Waals surface area contributed by atoms with Gasteiger partial charge in [0.2, 0.25) is 0 Å². The van der Waals surface area contributed by atoms with Gasteiger partial charge in [-0.15, -0.1) is 0 Å². The summed E-state index contributed by atoms with van der Waals surface area (Å²) in [5, 5.41) is 18.4. The molecule has 1 aliphatic rings. The molecule has 4 rings (SSSR count). The Kier molecular flexibility index (Phi) is 6.54. The first-order valence-corrected chi connectivity index (χ1v) is 10.6. The molecule has 1 fully saturated rings. The Balaban J connectivity index is 1.55. The zero-order chi connectivity index (χ0) is 22.5. The summed E-state index contributed by atoms with van der Waals surface area (Å²) < 4.78 is 5.42. The van der Waals surface area contributed by atoms with Gasteiger partial charge in [-0.05, 0) is 52.6 Å². The number of phenols is 1. The summed E-state index contributed by atoms with van der Waals surface area (Å²) in [6.07, 6.45) is 1.81. The second kappa shape index (κ2) is 9.68. The highest BCUT2D eigenvalue weighted by Crippen LogP contribution is 2.27. The number of phenolic OH excluding ortho intramolecular Hbond substituents is 1. The van der Waals surface area contributed by atoms with E-state index in [0.29, 0.717) is 16.9 Å². The first-order valence-electron chi connectivity index (χ1n) is 10.6. The van der Waals surface area contributed by atoms with Crippen LogP contribution in [0.2, 0.25) is 0 Å². The van der Waals surface area contributed by atoms with Crippen molar-refractivity contribution in [2.45, 2.75) is 6.54 Å². The number of hydrogen-bond donors (Lipinski definition) is 4. The molecule has 6 heteroatoms. The minimum atomic E-state index is 0.170. The van der Waals surface area contributed by atoms with Crippen molar-refractivity contribution < 1.29 is 9.84 Å². The van der Waals surface area contributed by atoms with E-state index in [0.717, 1.165) is 49.5 Å². The van der Waals surface area contributed by atoms with Crippen LogP contribution < -0.4 is 11.5 Å². The van der Waals surface area contributed by atoms with Gasteiger partial charge in [0.05, 0.1) is 24.6 Å². The Morgan fingerprint density at radius 1 is 1.00 bits per heavy atom. The van der Waals surface area contributed by atoms with Gasteiger partial charge in [0.25, 0.3) is 0 Å². The highest BCUT2D eigenvalue weighted by atomic mass is 16.5. The first kappa shape index (κ1) is 21.6. The lowest BCUT2D eigenvalue weighted by Gasteiger charge is -2.26. The van der Waals surface area contributed by atoms with Crippen molar-refractivity contribution in [3.05, 3.63) is 89.1 Å². The molecule has 0 amide bonds. The van der Waals surface area contributed by atoms with Crippen LogP contribution >= 0.6 is 0 Å². The van der Waals surface area contributed by atoms with Crippen LogP contribution in [0, 0.1) is 5.41 Å². The van der Waals surface area contributed by atoms with Gasteiger partial charge in [0, 0.05) is 30.9 Å². The van der Waals surface area contributed by atoms with Crippen molar-refractivity contribution in [1.82, 2.24) is 4.90 Å². The molecule has 0 aromatic heterocycles. The van der Waals surface area contributed by atoms with Crippen LogP contribution in [0.3, 0.4) is 0 Å². The molecule has 32 heavy (non-hydrogen) atoms. The molecule has 0 spiro atoms. The predicted molar refractivity (Wildman–Crippen MR) is 129 cm³/mol. The van der Waals surface area contributed by atoms with E-state index in [-0.39, 0.29) is 11.5 Å². The number of allylic oxidation sites excluding steroid dienone is 1. The Bertz CT molecular complexity index is 1150. The van der Waals surface area contributed by atoms with Gasteiger partial charge in [-0.25, -0.2) is 0 Å². The number of morpholine rings is 1. The van der Waals surface area contributed by atoms with Crippen molar-refractivity contribution >= 4 is 17.5 Å². The van der Waals surface area contributed by atoms with Crippen LogP contribution in [0.15, 0.2) is 72.4 Å². The second-order valence-corrected chi connectivity index (χ2v) is 7.96. The maximum Gasteiger partial charge on any atom is 0.116 e. The van der Waals surface area contributed by atoms with Crippen molar-refractivity contribution in [3.8, 4) is 16.9 Å². The molecule has 0 unspecified atom stereocenters. The van der Waals surface area contributed by atoms with Gasteiger partial charge in [-0.3, -0.25) is 10.3 Å². The third-order valence-electron chi connectivity index (χ3n) is 5.57. The number of aromatic hydroxyl groups is 1. The van der Waals surface area contributed by atoms with Crippen LogP contribution in [0.25, 0.3) is 17.2 Å². The van der Waals surface area contributed by atoms with Crippen LogP contribution in [-0.2, 0) is 11.3 Å². The molecule has 1 aliphatic heterocycles. The van der Waals surface area contributed by atoms with Crippen molar-refractivity contribution in [2.24, 2.45) is 5.73 Å². The molecule has 0 bridgehead atoms. The SMILES string of the molecule is N=C(/C(N)=C/c1cccc(CN2CCOCC2)c1)c1cc(-c2cccc(O)c2)ccc1N. The monoisotopic (exact) mass is 428 g/mol. The number of anilines is 1. The standard InChI is InChI=1S/C26H28N4O2/c27-24-8-7-21(20-5-2-6-22(31)15-20)16-23(24)26(29)25(28)14-18-3-1-4-19(13-18)17-30-9-11-32-12-10-30/h1-8,13-16,29,31H,9-12,17,27-28H2/b25-14-,29-26?. The van der Waals surface area contributed by atoms with Gasteiger partial charge in [-0.1, -0.05) is 42.5 Å². The number of nitrogens with zero attached hydrogens (tertiary/aromatic N) is 1. The summed E-state index contributed by atoms with van der Waals surface area (Å²) in [5.74, 6) is 0.187. The number of hydrogen-bond acceptors (Lipinski definition) is 6. The first-order chi connectivity index (χ1) is 15.5. The topological polar surface area (TPSA) is 109 Å². The fourth-order valence-corrected chi connectivity index (χ4v) is 3.84. The third kappa shape index (κ3) is 5.17. The van der Waals surface area contributed by atoms with Crippen LogP contribution in [-0.4, -0.2) is 42.0 Å². The second-order valence-electron chi connectivity index (χ2n) is 7.96. The number of rotatable bonds is 6. The Morgan fingerprint density at radius 2 is 1.75 bits per heavy atom. The zero-order valence-electron chi connectivity index (χ0n) is 17.9. The molecular weight excluding hydrogens is 400 g/mol. The van der Waals surface area contributed by atoms with Gasteiger partial charge in [0.15, 0.2) is 0 Å². The number of nitrogens with one attached hydrogen (secondary N) is 1. The lowest BCUT2D eigenvalue weighted by Crippen LogP contribution is -2.35.